The SMILES string of the molecule is COc1ccc(-c2cn3ccc(N(C)C)cc3n2)cc1. The van der Waals surface area contributed by atoms with Crippen molar-refractivity contribution in [3.8, 4) is 17.0 Å². The van der Waals surface area contributed by atoms with E-state index in [0.29, 0.717) is 0 Å². The van der Waals surface area contributed by atoms with Crippen LogP contribution >= 0.6 is 0 Å². The summed E-state index contributed by atoms with van der Waals surface area (Å²) in [6.07, 6.45) is 4.07. The number of benzene rings is 1. The van der Waals surface area contributed by atoms with Gasteiger partial charge in [-0.25, -0.2) is 4.98 Å². The van der Waals surface area contributed by atoms with Crippen molar-refractivity contribution in [1.82, 2.24) is 9.38 Å². The molecule has 0 saturated carbocycles. The van der Waals surface area contributed by atoms with E-state index in [1.54, 1.807) is 7.11 Å². The summed E-state index contributed by atoms with van der Waals surface area (Å²) >= 11 is 0. The fourth-order valence-electron chi connectivity index (χ4n) is 2.15. The third-order valence-electron chi connectivity index (χ3n) is 3.35. The maximum Gasteiger partial charge on any atom is 0.139 e. The van der Waals surface area contributed by atoms with Crippen molar-refractivity contribution in [2.24, 2.45) is 0 Å². The molecule has 1 aromatic carbocycles. The molecule has 102 valence electrons. The fraction of sp³-hybridized carbons (Fsp3) is 0.188. The number of aromatic nitrogens is 2. The first kappa shape index (κ1) is 12.5. The van der Waals surface area contributed by atoms with Gasteiger partial charge in [-0.2, -0.15) is 0 Å². The van der Waals surface area contributed by atoms with Crippen LogP contribution in [0.25, 0.3) is 16.9 Å². The van der Waals surface area contributed by atoms with Crippen molar-refractivity contribution in [1.29, 1.82) is 0 Å². The molecular weight excluding hydrogens is 250 g/mol. The van der Waals surface area contributed by atoms with Crippen LogP contribution in [0.3, 0.4) is 0 Å². The van der Waals surface area contributed by atoms with Gasteiger partial charge >= 0.3 is 0 Å². The maximum absolute atomic E-state index is 5.17. The normalized spacial score (nSPS) is 10.8. The zero-order valence-electron chi connectivity index (χ0n) is 11.9. The Balaban J connectivity index is 2.03. The molecule has 0 aliphatic heterocycles. The van der Waals surface area contributed by atoms with Crippen LogP contribution in [-0.2, 0) is 0 Å². The Morgan fingerprint density at radius 2 is 1.85 bits per heavy atom. The minimum absolute atomic E-state index is 0.854. The molecule has 20 heavy (non-hydrogen) atoms. The van der Waals surface area contributed by atoms with Crippen molar-refractivity contribution in [3.63, 3.8) is 0 Å². The highest BCUT2D eigenvalue weighted by Gasteiger charge is 2.06. The van der Waals surface area contributed by atoms with Crippen LogP contribution in [0.4, 0.5) is 5.69 Å². The summed E-state index contributed by atoms with van der Waals surface area (Å²) in [6, 6.07) is 12.1. The highest BCUT2D eigenvalue weighted by atomic mass is 16.5. The van der Waals surface area contributed by atoms with Gasteiger partial charge in [0.2, 0.25) is 0 Å². The van der Waals surface area contributed by atoms with Crippen molar-refractivity contribution in [2.45, 2.75) is 0 Å². The van der Waals surface area contributed by atoms with Gasteiger partial charge in [0.1, 0.15) is 11.4 Å². The Morgan fingerprint density at radius 1 is 1.10 bits per heavy atom. The van der Waals surface area contributed by atoms with E-state index in [9.17, 15) is 0 Å². The molecule has 2 aromatic heterocycles. The molecule has 0 atom stereocenters. The number of imidazole rings is 1. The summed E-state index contributed by atoms with van der Waals surface area (Å²) in [5.74, 6) is 0.854. The molecule has 0 spiro atoms. The number of ether oxygens (including phenoxy) is 1. The Morgan fingerprint density at radius 3 is 2.50 bits per heavy atom. The molecule has 0 N–H and O–H groups in total. The summed E-state index contributed by atoms with van der Waals surface area (Å²) < 4.78 is 7.21. The lowest BCUT2D eigenvalue weighted by molar-refractivity contribution is 0.415. The van der Waals surface area contributed by atoms with Gasteiger partial charge in [0.25, 0.3) is 0 Å². The lowest BCUT2D eigenvalue weighted by Gasteiger charge is -2.11. The van der Waals surface area contributed by atoms with E-state index >= 15 is 0 Å². The van der Waals surface area contributed by atoms with Crippen LogP contribution in [0, 0.1) is 0 Å². The molecule has 0 radical (unpaired) electrons. The summed E-state index contributed by atoms with van der Waals surface area (Å²) in [7, 11) is 5.72. The number of hydrogen-bond acceptors (Lipinski definition) is 3. The first-order chi connectivity index (χ1) is 9.67. The molecule has 0 aliphatic rings. The van der Waals surface area contributed by atoms with E-state index in [-0.39, 0.29) is 0 Å². The third kappa shape index (κ3) is 2.20. The summed E-state index contributed by atoms with van der Waals surface area (Å²) in [5.41, 5.74) is 4.14. The molecule has 4 heteroatoms. The molecule has 2 heterocycles. The highest BCUT2D eigenvalue weighted by molar-refractivity contribution is 5.65. The van der Waals surface area contributed by atoms with E-state index in [1.807, 2.05) is 55.2 Å². The molecular formula is C16H17N3O. The highest BCUT2D eigenvalue weighted by Crippen LogP contribution is 2.23. The van der Waals surface area contributed by atoms with Gasteiger partial charge in [0.15, 0.2) is 0 Å². The lowest BCUT2D eigenvalue weighted by atomic mass is 10.2. The zero-order chi connectivity index (χ0) is 14.1. The van der Waals surface area contributed by atoms with E-state index in [4.69, 9.17) is 4.74 Å². The fourth-order valence-corrected chi connectivity index (χ4v) is 2.15. The van der Waals surface area contributed by atoms with Gasteiger partial charge < -0.3 is 14.0 Å². The van der Waals surface area contributed by atoms with Gasteiger partial charge in [-0.3, -0.25) is 0 Å². The lowest BCUT2D eigenvalue weighted by Crippen LogP contribution is -2.08. The number of fused-ring (bicyclic) bond motifs is 1. The van der Waals surface area contributed by atoms with Crippen molar-refractivity contribution in [2.75, 3.05) is 26.1 Å². The monoisotopic (exact) mass is 267 g/mol. The topological polar surface area (TPSA) is 29.8 Å². The van der Waals surface area contributed by atoms with Gasteiger partial charge in [-0.05, 0) is 30.3 Å². The average Bonchev–Trinajstić information content (AvgIpc) is 2.90. The van der Waals surface area contributed by atoms with Crippen molar-refractivity contribution >= 4 is 11.3 Å². The van der Waals surface area contributed by atoms with E-state index in [0.717, 1.165) is 28.3 Å². The number of pyridine rings is 1. The molecule has 3 aromatic rings. The molecule has 0 saturated heterocycles. The first-order valence-electron chi connectivity index (χ1n) is 6.48. The molecule has 3 rings (SSSR count). The smallest absolute Gasteiger partial charge is 0.139 e. The number of rotatable bonds is 3. The molecule has 0 aliphatic carbocycles. The van der Waals surface area contributed by atoms with Gasteiger partial charge in [-0.1, -0.05) is 0 Å². The minimum atomic E-state index is 0.854. The largest absolute Gasteiger partial charge is 0.497 e. The minimum Gasteiger partial charge on any atom is -0.497 e. The molecule has 4 nitrogen and oxygen atoms in total. The predicted molar refractivity (Wildman–Crippen MR) is 81.5 cm³/mol. The summed E-state index contributed by atoms with van der Waals surface area (Å²) in [4.78, 5) is 6.75. The van der Waals surface area contributed by atoms with E-state index in [2.05, 4.69) is 22.0 Å². The van der Waals surface area contributed by atoms with Gasteiger partial charge in [0, 0.05) is 43.8 Å². The Hall–Kier alpha value is -2.49. The Kier molecular flexibility index (Phi) is 3.06. The second-order valence-corrected chi connectivity index (χ2v) is 4.90. The average molecular weight is 267 g/mol. The van der Waals surface area contributed by atoms with Crippen LogP contribution in [0.1, 0.15) is 0 Å². The Labute approximate surface area is 118 Å². The number of methoxy groups -OCH3 is 1. The van der Waals surface area contributed by atoms with Crippen LogP contribution in [0.5, 0.6) is 5.75 Å². The van der Waals surface area contributed by atoms with Gasteiger partial charge in [0.05, 0.1) is 12.8 Å². The quantitative estimate of drug-likeness (QED) is 0.730. The predicted octanol–water partition coefficient (Wildman–Crippen LogP) is 3.08. The Bertz CT molecular complexity index is 729. The maximum atomic E-state index is 5.17. The second-order valence-electron chi connectivity index (χ2n) is 4.90. The van der Waals surface area contributed by atoms with Crippen LogP contribution in [0.2, 0.25) is 0 Å². The number of hydrogen-bond donors (Lipinski definition) is 0. The van der Waals surface area contributed by atoms with Crippen LogP contribution in [-0.4, -0.2) is 30.6 Å². The molecule has 0 bridgehead atoms. The molecule has 0 amide bonds. The molecule has 0 fully saturated rings. The second kappa shape index (κ2) is 4.89. The van der Waals surface area contributed by atoms with E-state index in [1.165, 1.54) is 0 Å². The number of nitrogens with zero attached hydrogens (tertiary/aromatic N) is 3. The van der Waals surface area contributed by atoms with Crippen molar-refractivity contribution in [3.05, 3.63) is 48.8 Å². The summed E-state index contributed by atoms with van der Waals surface area (Å²) in [5, 5.41) is 0. The van der Waals surface area contributed by atoms with Crippen LogP contribution in [0.15, 0.2) is 48.8 Å². The third-order valence-corrected chi connectivity index (χ3v) is 3.35. The standard InChI is InChI=1S/C16H17N3O/c1-18(2)13-8-9-19-11-15(17-16(19)10-13)12-4-6-14(20-3)7-5-12/h4-11H,1-3H3. The summed E-state index contributed by atoms with van der Waals surface area (Å²) in [6.45, 7) is 0. The zero-order valence-corrected chi connectivity index (χ0v) is 11.9. The van der Waals surface area contributed by atoms with Crippen molar-refractivity contribution < 1.29 is 4.74 Å². The van der Waals surface area contributed by atoms with Gasteiger partial charge in [-0.15, -0.1) is 0 Å². The molecule has 0 unspecified atom stereocenters. The van der Waals surface area contributed by atoms with Crippen LogP contribution < -0.4 is 9.64 Å². The van der Waals surface area contributed by atoms with E-state index < -0.39 is 0 Å². The number of anilines is 1. The first-order valence-corrected chi connectivity index (χ1v) is 6.48.